The molecule has 0 aliphatic carbocycles. The Labute approximate surface area is 224 Å². The van der Waals surface area contributed by atoms with Gasteiger partial charge in [0.25, 0.3) is 5.91 Å². The summed E-state index contributed by atoms with van der Waals surface area (Å²) in [5, 5.41) is 3.00. The van der Waals surface area contributed by atoms with Gasteiger partial charge >= 0.3 is 0 Å². The number of imidazole rings is 1. The average molecular weight is 516 g/mol. The summed E-state index contributed by atoms with van der Waals surface area (Å²) in [6, 6.07) is 19.6. The van der Waals surface area contributed by atoms with Gasteiger partial charge in [0.05, 0.1) is 31.8 Å². The highest BCUT2D eigenvalue weighted by atomic mass is 16.5. The molecule has 3 aromatic carbocycles. The first kappa shape index (κ1) is 27.0. The molecule has 0 aliphatic rings. The number of methoxy groups -OCH3 is 2. The van der Waals surface area contributed by atoms with Gasteiger partial charge in [0.2, 0.25) is 0 Å². The molecule has 0 radical (unpaired) electrons. The number of carbonyl (C=O) groups excluding carboxylic acids is 1. The van der Waals surface area contributed by atoms with Gasteiger partial charge in [0, 0.05) is 18.5 Å². The van der Waals surface area contributed by atoms with Crippen LogP contribution in [0, 0.1) is 13.8 Å². The van der Waals surface area contributed by atoms with Crippen LogP contribution in [0.15, 0.2) is 60.7 Å². The normalized spacial score (nSPS) is 10.9. The molecule has 1 aromatic heterocycles. The SMILES string of the molecule is COc1ccc(C(=O)NCCCCCc2nc3ccccc3n2CCOc2ccc(C)c(C)c2)cc1OC. The fourth-order valence-corrected chi connectivity index (χ4v) is 4.49. The van der Waals surface area contributed by atoms with Gasteiger partial charge in [-0.05, 0) is 80.3 Å². The van der Waals surface area contributed by atoms with Crippen molar-refractivity contribution < 1.29 is 19.0 Å². The fraction of sp³-hybridized carbons (Fsp3) is 0.355. The van der Waals surface area contributed by atoms with Gasteiger partial charge in [-0.2, -0.15) is 0 Å². The highest BCUT2D eigenvalue weighted by Crippen LogP contribution is 2.27. The molecule has 7 nitrogen and oxygen atoms in total. The third kappa shape index (κ3) is 6.65. The van der Waals surface area contributed by atoms with Crippen LogP contribution >= 0.6 is 0 Å². The van der Waals surface area contributed by atoms with Crippen molar-refractivity contribution in [2.24, 2.45) is 0 Å². The van der Waals surface area contributed by atoms with Crippen molar-refractivity contribution in [2.45, 2.75) is 46.1 Å². The molecule has 0 unspecified atom stereocenters. The minimum atomic E-state index is -0.114. The van der Waals surface area contributed by atoms with Crippen LogP contribution < -0.4 is 19.5 Å². The second kappa shape index (κ2) is 13.0. The van der Waals surface area contributed by atoms with Crippen molar-refractivity contribution in [3.63, 3.8) is 0 Å². The highest BCUT2D eigenvalue weighted by Gasteiger charge is 2.12. The number of aromatic nitrogens is 2. The topological polar surface area (TPSA) is 74.6 Å². The lowest BCUT2D eigenvalue weighted by atomic mass is 10.1. The third-order valence-corrected chi connectivity index (χ3v) is 6.80. The van der Waals surface area contributed by atoms with E-state index >= 15 is 0 Å². The minimum absolute atomic E-state index is 0.114. The molecule has 0 fully saturated rings. The van der Waals surface area contributed by atoms with E-state index < -0.39 is 0 Å². The van der Waals surface area contributed by atoms with E-state index in [-0.39, 0.29) is 5.91 Å². The average Bonchev–Trinajstić information content (AvgIpc) is 3.29. The Kier molecular flexibility index (Phi) is 9.25. The summed E-state index contributed by atoms with van der Waals surface area (Å²) in [6.45, 7) is 6.15. The van der Waals surface area contributed by atoms with E-state index in [0.29, 0.717) is 30.2 Å². The van der Waals surface area contributed by atoms with E-state index in [1.54, 1.807) is 32.4 Å². The number of ether oxygens (including phenoxy) is 3. The zero-order valence-electron chi connectivity index (χ0n) is 22.8. The predicted molar refractivity (Wildman–Crippen MR) is 151 cm³/mol. The van der Waals surface area contributed by atoms with E-state index in [1.165, 1.54) is 11.1 Å². The largest absolute Gasteiger partial charge is 0.493 e. The number of hydrogen-bond acceptors (Lipinski definition) is 5. The summed E-state index contributed by atoms with van der Waals surface area (Å²) in [4.78, 5) is 17.4. The first-order chi connectivity index (χ1) is 18.5. The molecule has 200 valence electrons. The summed E-state index contributed by atoms with van der Waals surface area (Å²) >= 11 is 0. The number of rotatable bonds is 13. The van der Waals surface area contributed by atoms with Crippen LogP contribution in [0.25, 0.3) is 11.0 Å². The van der Waals surface area contributed by atoms with Gasteiger partial charge in [0.1, 0.15) is 18.2 Å². The lowest BCUT2D eigenvalue weighted by Gasteiger charge is -2.12. The molecule has 4 rings (SSSR count). The number of amides is 1. The van der Waals surface area contributed by atoms with Crippen LogP contribution in [-0.2, 0) is 13.0 Å². The molecule has 0 saturated carbocycles. The second-order valence-corrected chi connectivity index (χ2v) is 9.40. The molecular weight excluding hydrogens is 478 g/mol. The van der Waals surface area contributed by atoms with E-state index in [4.69, 9.17) is 19.2 Å². The Balaban J connectivity index is 1.27. The molecule has 1 amide bonds. The number of para-hydroxylation sites is 2. The molecular formula is C31H37N3O4. The van der Waals surface area contributed by atoms with Crippen molar-refractivity contribution >= 4 is 16.9 Å². The fourth-order valence-electron chi connectivity index (χ4n) is 4.49. The smallest absolute Gasteiger partial charge is 0.251 e. The summed E-state index contributed by atoms with van der Waals surface area (Å²) in [6.07, 6.45) is 3.76. The van der Waals surface area contributed by atoms with Gasteiger partial charge in [-0.15, -0.1) is 0 Å². The predicted octanol–water partition coefficient (Wildman–Crippen LogP) is 5.89. The van der Waals surface area contributed by atoms with Crippen molar-refractivity contribution in [1.82, 2.24) is 14.9 Å². The van der Waals surface area contributed by atoms with Crippen molar-refractivity contribution in [3.05, 3.63) is 83.2 Å². The molecule has 38 heavy (non-hydrogen) atoms. The number of nitrogens with one attached hydrogen (secondary N) is 1. The van der Waals surface area contributed by atoms with Crippen molar-refractivity contribution in [2.75, 3.05) is 27.4 Å². The number of aryl methyl sites for hydroxylation is 3. The molecule has 0 spiro atoms. The monoisotopic (exact) mass is 515 g/mol. The van der Waals surface area contributed by atoms with Gasteiger partial charge in [-0.3, -0.25) is 4.79 Å². The number of carbonyl (C=O) groups is 1. The quantitative estimate of drug-likeness (QED) is 0.225. The Bertz CT molecular complexity index is 1380. The maximum Gasteiger partial charge on any atom is 0.251 e. The lowest BCUT2D eigenvalue weighted by Crippen LogP contribution is -2.24. The molecule has 4 aromatic rings. The second-order valence-electron chi connectivity index (χ2n) is 9.40. The Morgan fingerprint density at radius 3 is 2.50 bits per heavy atom. The molecule has 7 heteroatoms. The zero-order valence-corrected chi connectivity index (χ0v) is 22.8. The molecule has 0 aliphatic heterocycles. The minimum Gasteiger partial charge on any atom is -0.493 e. The van der Waals surface area contributed by atoms with E-state index in [0.717, 1.165) is 54.8 Å². The maximum absolute atomic E-state index is 12.5. The van der Waals surface area contributed by atoms with Crippen LogP contribution in [0.4, 0.5) is 0 Å². The maximum atomic E-state index is 12.5. The summed E-state index contributed by atoms with van der Waals surface area (Å²) in [5.41, 5.74) is 5.19. The summed E-state index contributed by atoms with van der Waals surface area (Å²) < 4.78 is 18.9. The number of fused-ring (bicyclic) bond motifs is 1. The number of hydrogen-bond donors (Lipinski definition) is 1. The number of benzene rings is 3. The first-order valence-corrected chi connectivity index (χ1v) is 13.1. The number of nitrogens with zero attached hydrogens (tertiary/aromatic N) is 2. The van der Waals surface area contributed by atoms with Crippen molar-refractivity contribution in [3.8, 4) is 17.2 Å². The Morgan fingerprint density at radius 2 is 1.71 bits per heavy atom. The summed E-state index contributed by atoms with van der Waals surface area (Å²) in [5.74, 6) is 3.00. The molecule has 0 atom stereocenters. The molecule has 1 N–H and O–H groups in total. The molecule has 0 bridgehead atoms. The standard InChI is InChI=1S/C31H37N3O4/c1-22-13-15-25(20-23(22)2)38-19-18-34-27-11-8-7-10-26(27)33-30(34)12-6-5-9-17-32-31(35)24-14-16-28(36-3)29(21-24)37-4/h7-8,10-11,13-16,20-21H,5-6,9,12,17-19H2,1-4H3,(H,32,35). The van der Waals surface area contributed by atoms with Gasteiger partial charge in [-0.1, -0.05) is 24.6 Å². The van der Waals surface area contributed by atoms with Crippen LogP contribution in [0.3, 0.4) is 0 Å². The highest BCUT2D eigenvalue weighted by molar-refractivity contribution is 5.94. The third-order valence-electron chi connectivity index (χ3n) is 6.80. The van der Waals surface area contributed by atoms with Gasteiger partial charge < -0.3 is 24.1 Å². The lowest BCUT2D eigenvalue weighted by molar-refractivity contribution is 0.0952. The summed E-state index contributed by atoms with van der Waals surface area (Å²) in [7, 11) is 3.14. The Morgan fingerprint density at radius 1 is 0.895 bits per heavy atom. The van der Waals surface area contributed by atoms with E-state index in [9.17, 15) is 4.79 Å². The van der Waals surface area contributed by atoms with Crippen LogP contribution in [0.5, 0.6) is 17.2 Å². The molecule has 0 saturated heterocycles. The molecule has 1 heterocycles. The van der Waals surface area contributed by atoms with Gasteiger partial charge in [-0.25, -0.2) is 4.98 Å². The van der Waals surface area contributed by atoms with Crippen LogP contribution in [0.2, 0.25) is 0 Å². The van der Waals surface area contributed by atoms with Crippen LogP contribution in [0.1, 0.15) is 46.6 Å². The number of unbranched alkanes of at least 4 members (excludes halogenated alkanes) is 2. The van der Waals surface area contributed by atoms with Gasteiger partial charge in [0.15, 0.2) is 11.5 Å². The van der Waals surface area contributed by atoms with E-state index in [1.807, 2.05) is 12.1 Å². The van der Waals surface area contributed by atoms with E-state index in [2.05, 4.69) is 54.1 Å². The van der Waals surface area contributed by atoms with Crippen LogP contribution in [-0.4, -0.2) is 42.8 Å². The Hall–Kier alpha value is -4.00. The van der Waals surface area contributed by atoms with Crippen molar-refractivity contribution in [1.29, 1.82) is 0 Å². The zero-order chi connectivity index (χ0) is 26.9. The first-order valence-electron chi connectivity index (χ1n) is 13.1.